The van der Waals surface area contributed by atoms with E-state index in [2.05, 4.69) is 27.3 Å². The molecule has 1 aromatic heterocycles. The monoisotopic (exact) mass is 322 g/mol. The fourth-order valence-electron chi connectivity index (χ4n) is 3.18. The predicted octanol–water partition coefficient (Wildman–Crippen LogP) is 0.815. The maximum atomic E-state index is 12.4. The Labute approximate surface area is 136 Å². The van der Waals surface area contributed by atoms with Crippen LogP contribution in [0.1, 0.15) is 17.7 Å². The molecule has 2 saturated heterocycles. The molecule has 1 amide bonds. The molecule has 122 valence electrons. The second-order valence-electron chi connectivity index (χ2n) is 6.35. The van der Waals surface area contributed by atoms with Gasteiger partial charge in [0.25, 0.3) is 0 Å². The molecule has 6 heteroatoms. The van der Waals surface area contributed by atoms with Gasteiger partial charge in [-0.3, -0.25) is 14.6 Å². The van der Waals surface area contributed by atoms with Crippen LogP contribution in [0, 0.1) is 0 Å². The number of piperidine rings is 1. The molecule has 2 fully saturated rings. The number of piperazine rings is 1. The summed E-state index contributed by atoms with van der Waals surface area (Å²) in [5.74, 6) is 0.284. The Balaban J connectivity index is 1.40. The maximum Gasteiger partial charge on any atom is 0.236 e. The van der Waals surface area contributed by atoms with Crippen LogP contribution in [0.3, 0.4) is 0 Å². The number of carbonyl (C=O) groups is 1. The van der Waals surface area contributed by atoms with Crippen LogP contribution >= 0.6 is 11.3 Å². The molecule has 0 bridgehead atoms. The first-order chi connectivity index (χ1) is 10.7. The minimum Gasteiger partial charge on any atom is -0.339 e. The molecule has 2 N–H and O–H groups in total. The van der Waals surface area contributed by atoms with Crippen LogP contribution in [-0.4, -0.2) is 72.5 Å². The molecule has 0 spiro atoms. The number of nitrogens with two attached hydrogens (primary N) is 1. The summed E-state index contributed by atoms with van der Waals surface area (Å²) in [6.07, 6.45) is 2.03. The third-order valence-electron chi connectivity index (χ3n) is 4.68. The van der Waals surface area contributed by atoms with Gasteiger partial charge < -0.3 is 10.6 Å². The standard InChI is InChI=1S/C16H26N4OS/c17-14-3-5-18(6-4-14)13-16(21)20-9-7-19(8-10-20)12-15-2-1-11-22-15/h1-2,11,14H,3-10,12-13,17H2. The van der Waals surface area contributed by atoms with Gasteiger partial charge in [-0.05, 0) is 24.3 Å². The molecular formula is C16H26N4OS. The summed E-state index contributed by atoms with van der Waals surface area (Å²) in [4.78, 5) is 20.5. The number of hydrogen-bond donors (Lipinski definition) is 1. The van der Waals surface area contributed by atoms with E-state index < -0.39 is 0 Å². The Bertz CT molecular complexity index is 463. The van der Waals surface area contributed by atoms with Gasteiger partial charge in [0.2, 0.25) is 5.91 Å². The number of likely N-dealkylation sites (tertiary alicyclic amines) is 1. The third-order valence-corrected chi connectivity index (χ3v) is 5.54. The summed E-state index contributed by atoms with van der Waals surface area (Å²) in [5, 5.41) is 2.12. The van der Waals surface area contributed by atoms with E-state index in [4.69, 9.17) is 5.73 Å². The van der Waals surface area contributed by atoms with Gasteiger partial charge in [-0.1, -0.05) is 6.07 Å². The average molecular weight is 322 g/mol. The van der Waals surface area contributed by atoms with E-state index in [0.717, 1.165) is 58.7 Å². The molecule has 0 aromatic carbocycles. The number of thiophene rings is 1. The van der Waals surface area contributed by atoms with Crippen molar-refractivity contribution in [3.05, 3.63) is 22.4 Å². The Morgan fingerprint density at radius 1 is 1.14 bits per heavy atom. The number of hydrogen-bond acceptors (Lipinski definition) is 5. The summed E-state index contributed by atoms with van der Waals surface area (Å²) in [5.41, 5.74) is 5.91. The van der Waals surface area contributed by atoms with Crippen molar-refractivity contribution in [1.29, 1.82) is 0 Å². The molecular weight excluding hydrogens is 296 g/mol. The van der Waals surface area contributed by atoms with E-state index in [1.54, 1.807) is 0 Å². The van der Waals surface area contributed by atoms with Crippen LogP contribution in [-0.2, 0) is 11.3 Å². The van der Waals surface area contributed by atoms with E-state index in [9.17, 15) is 4.79 Å². The van der Waals surface area contributed by atoms with E-state index in [1.165, 1.54) is 4.88 Å². The lowest BCUT2D eigenvalue weighted by Gasteiger charge is -2.36. The van der Waals surface area contributed by atoms with Crippen molar-refractivity contribution >= 4 is 17.2 Å². The van der Waals surface area contributed by atoms with Crippen LogP contribution in [0.2, 0.25) is 0 Å². The lowest BCUT2D eigenvalue weighted by molar-refractivity contribution is -0.134. The van der Waals surface area contributed by atoms with Gasteiger partial charge in [0, 0.05) is 56.7 Å². The Morgan fingerprint density at radius 3 is 2.50 bits per heavy atom. The minimum absolute atomic E-state index is 0.284. The van der Waals surface area contributed by atoms with Gasteiger partial charge in [0.1, 0.15) is 0 Å². The Kier molecular flexibility index (Phi) is 5.46. The molecule has 0 radical (unpaired) electrons. The van der Waals surface area contributed by atoms with Crippen molar-refractivity contribution in [2.45, 2.75) is 25.4 Å². The lowest BCUT2D eigenvalue weighted by Crippen LogP contribution is -2.52. The molecule has 0 atom stereocenters. The molecule has 5 nitrogen and oxygen atoms in total. The van der Waals surface area contributed by atoms with Crippen LogP contribution in [0.5, 0.6) is 0 Å². The Morgan fingerprint density at radius 2 is 1.86 bits per heavy atom. The SMILES string of the molecule is NC1CCN(CC(=O)N2CCN(Cc3cccs3)CC2)CC1. The lowest BCUT2D eigenvalue weighted by atomic mass is 10.1. The molecule has 22 heavy (non-hydrogen) atoms. The highest BCUT2D eigenvalue weighted by Gasteiger charge is 2.24. The Hall–Kier alpha value is -0.950. The van der Waals surface area contributed by atoms with Gasteiger partial charge in [-0.15, -0.1) is 11.3 Å². The van der Waals surface area contributed by atoms with Crippen molar-refractivity contribution < 1.29 is 4.79 Å². The number of carbonyl (C=O) groups excluding carboxylic acids is 1. The minimum atomic E-state index is 0.284. The summed E-state index contributed by atoms with van der Waals surface area (Å²) in [7, 11) is 0. The highest BCUT2D eigenvalue weighted by molar-refractivity contribution is 7.09. The van der Waals surface area contributed by atoms with Crippen molar-refractivity contribution in [2.24, 2.45) is 5.73 Å². The smallest absolute Gasteiger partial charge is 0.236 e. The van der Waals surface area contributed by atoms with Crippen molar-refractivity contribution in [3.63, 3.8) is 0 Å². The van der Waals surface area contributed by atoms with Gasteiger partial charge >= 0.3 is 0 Å². The van der Waals surface area contributed by atoms with E-state index >= 15 is 0 Å². The molecule has 2 aliphatic rings. The van der Waals surface area contributed by atoms with Crippen molar-refractivity contribution in [3.8, 4) is 0 Å². The predicted molar refractivity (Wildman–Crippen MR) is 89.8 cm³/mol. The second-order valence-corrected chi connectivity index (χ2v) is 7.38. The van der Waals surface area contributed by atoms with Crippen LogP contribution < -0.4 is 5.73 Å². The van der Waals surface area contributed by atoms with Gasteiger partial charge in [-0.2, -0.15) is 0 Å². The van der Waals surface area contributed by atoms with E-state index in [1.807, 2.05) is 16.2 Å². The van der Waals surface area contributed by atoms with Gasteiger partial charge in [-0.25, -0.2) is 0 Å². The fraction of sp³-hybridized carbons (Fsp3) is 0.688. The van der Waals surface area contributed by atoms with Crippen molar-refractivity contribution in [1.82, 2.24) is 14.7 Å². The number of nitrogens with zero attached hydrogens (tertiary/aromatic N) is 3. The zero-order chi connectivity index (χ0) is 15.4. The van der Waals surface area contributed by atoms with Crippen LogP contribution in [0.25, 0.3) is 0 Å². The van der Waals surface area contributed by atoms with Crippen molar-refractivity contribution in [2.75, 3.05) is 45.8 Å². The summed E-state index contributed by atoms with van der Waals surface area (Å²) in [6, 6.07) is 4.61. The molecule has 0 saturated carbocycles. The number of amides is 1. The fourth-order valence-corrected chi connectivity index (χ4v) is 3.93. The summed E-state index contributed by atoms with van der Waals surface area (Å²) >= 11 is 1.81. The largest absolute Gasteiger partial charge is 0.339 e. The third kappa shape index (κ3) is 4.29. The number of rotatable bonds is 4. The zero-order valence-electron chi connectivity index (χ0n) is 13.1. The maximum absolute atomic E-state index is 12.4. The van der Waals surface area contributed by atoms with Gasteiger partial charge in [0.05, 0.1) is 6.54 Å². The molecule has 3 rings (SSSR count). The van der Waals surface area contributed by atoms with E-state index in [-0.39, 0.29) is 5.91 Å². The highest BCUT2D eigenvalue weighted by atomic mass is 32.1. The van der Waals surface area contributed by atoms with E-state index in [0.29, 0.717) is 12.6 Å². The molecule has 1 aromatic rings. The first-order valence-corrected chi connectivity index (χ1v) is 9.09. The van der Waals surface area contributed by atoms with Gasteiger partial charge in [0.15, 0.2) is 0 Å². The molecule has 0 aliphatic carbocycles. The normalized spacial score (nSPS) is 22.1. The second kappa shape index (κ2) is 7.55. The zero-order valence-corrected chi connectivity index (χ0v) is 13.9. The molecule has 0 unspecified atom stereocenters. The first-order valence-electron chi connectivity index (χ1n) is 8.21. The van der Waals surface area contributed by atoms with Crippen LogP contribution in [0.15, 0.2) is 17.5 Å². The average Bonchev–Trinajstić information content (AvgIpc) is 3.03. The summed E-state index contributed by atoms with van der Waals surface area (Å²) in [6.45, 7) is 7.19. The first kappa shape index (κ1) is 15.9. The quantitative estimate of drug-likeness (QED) is 0.891. The highest BCUT2D eigenvalue weighted by Crippen LogP contribution is 2.14. The summed E-state index contributed by atoms with van der Waals surface area (Å²) < 4.78 is 0. The topological polar surface area (TPSA) is 52.8 Å². The molecule has 3 heterocycles. The molecule has 2 aliphatic heterocycles. The van der Waals surface area contributed by atoms with Crippen LogP contribution in [0.4, 0.5) is 0 Å².